The van der Waals surface area contributed by atoms with Gasteiger partial charge < -0.3 is 16.0 Å². The van der Waals surface area contributed by atoms with Gasteiger partial charge in [-0.1, -0.05) is 0 Å². The molecule has 0 spiro atoms. The Balaban J connectivity index is 2.04. The summed E-state index contributed by atoms with van der Waals surface area (Å²) in [6.45, 7) is 0.273. The number of nitrogens with one attached hydrogen (secondary N) is 3. The van der Waals surface area contributed by atoms with Gasteiger partial charge in [-0.3, -0.25) is 9.79 Å². The van der Waals surface area contributed by atoms with Crippen LogP contribution in [0.2, 0.25) is 0 Å². The molecule has 0 atom stereocenters. The van der Waals surface area contributed by atoms with E-state index in [1.54, 1.807) is 0 Å². The molecule has 0 aliphatic heterocycles. The molecule has 0 heterocycles. The van der Waals surface area contributed by atoms with E-state index in [1.807, 2.05) is 0 Å². The molecule has 20 heavy (non-hydrogen) atoms. The Bertz CT molecular complexity index is 340. The van der Waals surface area contributed by atoms with E-state index in [0.717, 1.165) is 12.8 Å². The predicted molar refractivity (Wildman–Crippen MR) is 70.4 cm³/mol. The molecule has 0 saturated heterocycles. The Kier molecular flexibility index (Phi) is 6.60. The van der Waals surface area contributed by atoms with Crippen LogP contribution in [0.25, 0.3) is 0 Å². The fourth-order valence-corrected chi connectivity index (χ4v) is 1.53. The summed E-state index contributed by atoms with van der Waals surface area (Å²) in [5.74, 6) is 0.339. The average Bonchev–Trinajstić information content (AvgIpc) is 3.14. The summed E-state index contributed by atoms with van der Waals surface area (Å²) in [6.07, 6.45) is -1.95. The largest absolute Gasteiger partial charge is 0.390 e. The number of carbonyl (C=O) groups is 1. The first-order valence-electron chi connectivity index (χ1n) is 6.71. The van der Waals surface area contributed by atoms with Crippen molar-refractivity contribution in [1.82, 2.24) is 16.0 Å². The van der Waals surface area contributed by atoms with Crippen molar-refractivity contribution in [3.05, 3.63) is 0 Å². The predicted octanol–water partition coefficient (Wildman–Crippen LogP) is 1.16. The summed E-state index contributed by atoms with van der Waals surface area (Å²) in [7, 11) is 1.49. The lowest BCUT2D eigenvalue weighted by Gasteiger charge is -2.12. The van der Waals surface area contributed by atoms with Crippen molar-refractivity contribution in [2.24, 2.45) is 4.99 Å². The van der Waals surface area contributed by atoms with Gasteiger partial charge in [0.15, 0.2) is 5.96 Å². The zero-order chi connectivity index (χ0) is 15.0. The van der Waals surface area contributed by atoms with Gasteiger partial charge in [-0.15, -0.1) is 0 Å². The maximum Gasteiger partial charge on any atom is 0.390 e. The van der Waals surface area contributed by atoms with E-state index in [-0.39, 0.29) is 12.5 Å². The van der Waals surface area contributed by atoms with Gasteiger partial charge in [0.05, 0.1) is 6.42 Å². The lowest BCUT2D eigenvalue weighted by Crippen LogP contribution is -2.39. The number of nitrogens with zero attached hydrogens (tertiary/aromatic N) is 1. The molecule has 5 nitrogen and oxygen atoms in total. The van der Waals surface area contributed by atoms with Crippen molar-refractivity contribution in [3.8, 4) is 0 Å². The zero-order valence-electron chi connectivity index (χ0n) is 11.5. The minimum absolute atomic E-state index is 0.0225. The molecule has 0 bridgehead atoms. The van der Waals surface area contributed by atoms with Crippen LogP contribution in [-0.2, 0) is 4.79 Å². The van der Waals surface area contributed by atoms with Crippen molar-refractivity contribution >= 4 is 11.9 Å². The van der Waals surface area contributed by atoms with Crippen molar-refractivity contribution in [1.29, 1.82) is 0 Å². The van der Waals surface area contributed by atoms with Crippen molar-refractivity contribution < 1.29 is 18.0 Å². The minimum Gasteiger partial charge on any atom is -0.356 e. The number of rotatable bonds is 7. The molecular weight excluding hydrogens is 273 g/mol. The van der Waals surface area contributed by atoms with Crippen LogP contribution < -0.4 is 16.0 Å². The number of hydrogen-bond acceptors (Lipinski definition) is 2. The van der Waals surface area contributed by atoms with Crippen LogP contribution in [0.3, 0.4) is 0 Å². The van der Waals surface area contributed by atoms with Gasteiger partial charge in [0.1, 0.15) is 0 Å². The molecule has 0 aromatic heterocycles. The number of carbonyl (C=O) groups excluding carboxylic acids is 1. The van der Waals surface area contributed by atoms with Gasteiger partial charge in [-0.25, -0.2) is 0 Å². The molecule has 1 fully saturated rings. The highest BCUT2D eigenvalue weighted by atomic mass is 19.4. The summed E-state index contributed by atoms with van der Waals surface area (Å²) in [5.41, 5.74) is 0. The Labute approximate surface area is 116 Å². The molecule has 116 valence electrons. The van der Waals surface area contributed by atoms with E-state index in [9.17, 15) is 18.0 Å². The van der Waals surface area contributed by atoms with Crippen molar-refractivity contribution in [3.63, 3.8) is 0 Å². The fourth-order valence-electron chi connectivity index (χ4n) is 1.53. The number of aliphatic imine (C=N–C) groups is 1. The molecule has 0 aromatic rings. The second-order valence-electron chi connectivity index (χ2n) is 4.74. The first-order valence-corrected chi connectivity index (χ1v) is 6.71. The quantitative estimate of drug-likeness (QED) is 0.375. The second kappa shape index (κ2) is 7.96. The third kappa shape index (κ3) is 8.60. The summed E-state index contributed by atoms with van der Waals surface area (Å²) in [6, 6.07) is 0.354. The van der Waals surface area contributed by atoms with Crippen LogP contribution in [0.1, 0.15) is 32.1 Å². The van der Waals surface area contributed by atoms with E-state index in [1.165, 1.54) is 7.05 Å². The Morgan fingerprint density at radius 1 is 1.25 bits per heavy atom. The van der Waals surface area contributed by atoms with Crippen molar-refractivity contribution in [2.75, 3.05) is 20.1 Å². The number of alkyl halides is 3. The van der Waals surface area contributed by atoms with Crippen LogP contribution in [0.4, 0.5) is 13.2 Å². The molecule has 1 rings (SSSR count). The number of hydrogen-bond donors (Lipinski definition) is 3. The number of guanidine groups is 1. The minimum atomic E-state index is -4.17. The highest BCUT2D eigenvalue weighted by molar-refractivity contribution is 5.79. The van der Waals surface area contributed by atoms with E-state index in [2.05, 4.69) is 20.9 Å². The lowest BCUT2D eigenvalue weighted by atomic mass is 10.3. The normalized spacial score (nSPS) is 15.9. The van der Waals surface area contributed by atoms with Crippen LogP contribution in [0.15, 0.2) is 4.99 Å². The van der Waals surface area contributed by atoms with Crippen LogP contribution in [0.5, 0.6) is 0 Å². The topological polar surface area (TPSA) is 65.5 Å². The van der Waals surface area contributed by atoms with Crippen LogP contribution in [-0.4, -0.2) is 44.2 Å². The number of halogens is 3. The average molecular weight is 294 g/mol. The molecule has 0 radical (unpaired) electrons. The number of amides is 1. The van der Waals surface area contributed by atoms with E-state index in [0.29, 0.717) is 31.4 Å². The standard InChI is InChI=1S/C12H21F3N4O/c1-16-11(18-8-6-12(13,14)15)17-7-2-3-10(20)19-9-4-5-9/h9H,2-8H2,1H3,(H,19,20)(H2,16,17,18). The Morgan fingerprint density at radius 2 is 1.90 bits per heavy atom. The molecule has 8 heteroatoms. The summed E-state index contributed by atoms with van der Waals surface area (Å²) in [5, 5.41) is 8.32. The van der Waals surface area contributed by atoms with E-state index >= 15 is 0 Å². The Morgan fingerprint density at radius 3 is 2.45 bits per heavy atom. The fraction of sp³-hybridized carbons (Fsp3) is 0.833. The molecule has 1 saturated carbocycles. The van der Waals surface area contributed by atoms with Gasteiger partial charge in [-0.05, 0) is 19.3 Å². The van der Waals surface area contributed by atoms with Crippen LogP contribution >= 0.6 is 0 Å². The van der Waals surface area contributed by atoms with Gasteiger partial charge in [0.25, 0.3) is 0 Å². The summed E-state index contributed by atoms with van der Waals surface area (Å²) >= 11 is 0. The molecule has 3 N–H and O–H groups in total. The van der Waals surface area contributed by atoms with Crippen LogP contribution in [0, 0.1) is 0 Å². The summed E-state index contributed by atoms with van der Waals surface area (Å²) in [4.78, 5) is 15.2. The van der Waals surface area contributed by atoms with E-state index in [4.69, 9.17) is 0 Å². The van der Waals surface area contributed by atoms with Gasteiger partial charge >= 0.3 is 6.18 Å². The lowest BCUT2D eigenvalue weighted by molar-refractivity contribution is -0.132. The molecule has 1 aliphatic carbocycles. The Hall–Kier alpha value is -1.47. The summed E-state index contributed by atoms with van der Waals surface area (Å²) < 4.78 is 35.9. The maximum absolute atomic E-state index is 12.0. The molecular formula is C12H21F3N4O. The maximum atomic E-state index is 12.0. The van der Waals surface area contributed by atoms with Gasteiger partial charge in [0.2, 0.25) is 5.91 Å². The zero-order valence-corrected chi connectivity index (χ0v) is 11.5. The van der Waals surface area contributed by atoms with Gasteiger partial charge in [0, 0.05) is 32.6 Å². The third-order valence-electron chi connectivity index (χ3n) is 2.74. The smallest absolute Gasteiger partial charge is 0.356 e. The molecule has 1 amide bonds. The highest BCUT2D eigenvalue weighted by Gasteiger charge is 2.26. The van der Waals surface area contributed by atoms with E-state index < -0.39 is 12.6 Å². The molecule has 0 aromatic carbocycles. The SMILES string of the molecule is CN=C(NCCCC(=O)NC1CC1)NCCC(F)(F)F. The second-order valence-corrected chi connectivity index (χ2v) is 4.74. The first-order chi connectivity index (χ1) is 9.40. The monoisotopic (exact) mass is 294 g/mol. The molecule has 0 unspecified atom stereocenters. The first kappa shape index (κ1) is 16.6. The third-order valence-corrected chi connectivity index (χ3v) is 2.74. The van der Waals surface area contributed by atoms with Crippen molar-refractivity contribution in [2.45, 2.75) is 44.3 Å². The highest BCUT2D eigenvalue weighted by Crippen LogP contribution is 2.18. The van der Waals surface area contributed by atoms with Gasteiger partial charge in [-0.2, -0.15) is 13.2 Å². The molecule has 1 aliphatic rings.